The number of phenolic OH excluding ortho intramolecular Hbond substituents is 2. The van der Waals surface area contributed by atoms with E-state index in [1.165, 1.54) is 24.3 Å². The molecular formula is C17H18O7. The van der Waals surface area contributed by atoms with Crippen LogP contribution >= 0.6 is 0 Å². The minimum absolute atomic E-state index is 0.0598. The average molecular weight is 334 g/mol. The van der Waals surface area contributed by atoms with Crippen LogP contribution in [0.1, 0.15) is 29.8 Å². The normalized spacial score (nSPS) is 8.75. The van der Waals surface area contributed by atoms with Gasteiger partial charge in [0.05, 0.1) is 0 Å². The largest absolute Gasteiger partial charge is 0.508 e. The number of hydrogen-bond acceptors (Lipinski definition) is 5. The van der Waals surface area contributed by atoms with E-state index in [0.717, 1.165) is 13.8 Å². The van der Waals surface area contributed by atoms with Crippen molar-refractivity contribution in [2.45, 2.75) is 13.8 Å². The van der Waals surface area contributed by atoms with Crippen molar-refractivity contribution in [3.05, 3.63) is 59.7 Å². The van der Waals surface area contributed by atoms with E-state index in [9.17, 15) is 9.90 Å². The van der Waals surface area contributed by atoms with Crippen molar-refractivity contribution >= 4 is 17.7 Å². The second-order valence-electron chi connectivity index (χ2n) is 4.46. The SMILES string of the molecule is CC(=O)O.CC(=O)O.O=C(c1ccc(O)cc1)c1cccc(O)c1. The Labute approximate surface area is 138 Å². The Morgan fingerprint density at radius 3 is 1.58 bits per heavy atom. The van der Waals surface area contributed by atoms with Crippen LogP contribution in [-0.2, 0) is 9.59 Å². The van der Waals surface area contributed by atoms with E-state index in [1.54, 1.807) is 24.3 Å². The second kappa shape index (κ2) is 10.4. The number of carbonyl (C=O) groups is 3. The smallest absolute Gasteiger partial charge is 0.300 e. The lowest BCUT2D eigenvalue weighted by Gasteiger charge is -2.01. The van der Waals surface area contributed by atoms with Crippen molar-refractivity contribution in [1.29, 1.82) is 0 Å². The highest BCUT2D eigenvalue weighted by Crippen LogP contribution is 2.17. The summed E-state index contributed by atoms with van der Waals surface area (Å²) in [5.74, 6) is -1.67. The third-order valence-corrected chi connectivity index (χ3v) is 2.24. The van der Waals surface area contributed by atoms with Crippen LogP contribution in [0.5, 0.6) is 11.5 Å². The maximum Gasteiger partial charge on any atom is 0.300 e. The number of benzene rings is 2. The molecule has 2 rings (SSSR count). The fourth-order valence-corrected chi connectivity index (χ4v) is 1.43. The van der Waals surface area contributed by atoms with Crippen molar-refractivity contribution < 1.29 is 34.8 Å². The van der Waals surface area contributed by atoms with Gasteiger partial charge in [0.2, 0.25) is 0 Å². The molecule has 0 aromatic heterocycles. The third-order valence-electron chi connectivity index (χ3n) is 2.24. The molecule has 2 aromatic carbocycles. The molecule has 7 nitrogen and oxygen atoms in total. The van der Waals surface area contributed by atoms with Gasteiger partial charge in [0.25, 0.3) is 11.9 Å². The van der Waals surface area contributed by atoms with Crippen molar-refractivity contribution in [1.82, 2.24) is 0 Å². The number of ketones is 1. The molecule has 2 aromatic rings. The molecule has 4 N–H and O–H groups in total. The maximum atomic E-state index is 11.9. The van der Waals surface area contributed by atoms with E-state index in [4.69, 9.17) is 24.9 Å². The van der Waals surface area contributed by atoms with Gasteiger partial charge >= 0.3 is 0 Å². The maximum absolute atomic E-state index is 11.9. The number of carbonyl (C=O) groups excluding carboxylic acids is 1. The molecule has 0 radical (unpaired) electrons. The van der Waals surface area contributed by atoms with E-state index >= 15 is 0 Å². The van der Waals surface area contributed by atoms with Gasteiger partial charge in [0.1, 0.15) is 11.5 Å². The van der Waals surface area contributed by atoms with Crippen LogP contribution in [0.2, 0.25) is 0 Å². The zero-order chi connectivity index (χ0) is 18.7. The summed E-state index contributed by atoms with van der Waals surface area (Å²) < 4.78 is 0. The highest BCUT2D eigenvalue weighted by Gasteiger charge is 2.08. The first-order valence-electron chi connectivity index (χ1n) is 6.65. The summed E-state index contributed by atoms with van der Waals surface area (Å²) in [6, 6.07) is 12.2. The highest BCUT2D eigenvalue weighted by atomic mass is 16.4. The number of hydrogen-bond donors (Lipinski definition) is 4. The van der Waals surface area contributed by atoms with E-state index in [1.807, 2.05) is 0 Å². The third kappa shape index (κ3) is 9.56. The molecule has 0 saturated heterocycles. The van der Waals surface area contributed by atoms with Crippen LogP contribution in [0.3, 0.4) is 0 Å². The molecule has 0 amide bonds. The summed E-state index contributed by atoms with van der Waals surface area (Å²) in [6.07, 6.45) is 0. The topological polar surface area (TPSA) is 132 Å². The van der Waals surface area contributed by atoms with Crippen molar-refractivity contribution in [2.24, 2.45) is 0 Å². The molecule has 0 aliphatic carbocycles. The molecule has 0 atom stereocenters. The Balaban J connectivity index is 0.000000558. The Kier molecular flexibility index (Phi) is 8.94. The van der Waals surface area contributed by atoms with Crippen molar-refractivity contribution in [2.75, 3.05) is 0 Å². The van der Waals surface area contributed by atoms with Gasteiger partial charge in [0, 0.05) is 25.0 Å². The lowest BCUT2D eigenvalue weighted by Crippen LogP contribution is -2.00. The molecule has 0 heterocycles. The Bertz CT molecular complexity index is 670. The van der Waals surface area contributed by atoms with Crippen LogP contribution in [-0.4, -0.2) is 38.1 Å². The monoisotopic (exact) mass is 334 g/mol. The van der Waals surface area contributed by atoms with Crippen molar-refractivity contribution in [3.63, 3.8) is 0 Å². The van der Waals surface area contributed by atoms with Crippen LogP contribution in [0.25, 0.3) is 0 Å². The summed E-state index contributed by atoms with van der Waals surface area (Å²) in [7, 11) is 0. The Morgan fingerprint density at radius 1 is 0.708 bits per heavy atom. The van der Waals surface area contributed by atoms with Gasteiger partial charge in [-0.05, 0) is 36.4 Å². The molecular weight excluding hydrogens is 316 g/mol. The molecule has 0 bridgehead atoms. The van der Waals surface area contributed by atoms with Crippen molar-refractivity contribution in [3.8, 4) is 11.5 Å². The predicted molar refractivity (Wildman–Crippen MR) is 86.3 cm³/mol. The van der Waals surface area contributed by atoms with Crippen LogP contribution in [0, 0.1) is 0 Å². The fourth-order valence-electron chi connectivity index (χ4n) is 1.43. The van der Waals surface area contributed by atoms with E-state index in [0.29, 0.717) is 11.1 Å². The molecule has 0 spiro atoms. The average Bonchev–Trinajstić information content (AvgIpc) is 2.46. The summed E-state index contributed by atoms with van der Waals surface area (Å²) >= 11 is 0. The summed E-state index contributed by atoms with van der Waals surface area (Å²) in [4.78, 5) is 29.9. The standard InChI is InChI=1S/C13H10O3.2C2H4O2/c14-11-6-4-9(5-7-11)13(16)10-2-1-3-12(15)8-10;2*1-2(3)4/h1-8,14-15H;2*1H3,(H,3,4). The summed E-state index contributed by atoms with van der Waals surface area (Å²) in [5.41, 5.74) is 0.897. The zero-order valence-corrected chi connectivity index (χ0v) is 13.1. The lowest BCUT2D eigenvalue weighted by molar-refractivity contribution is -0.135. The molecule has 0 aliphatic rings. The molecule has 0 saturated carbocycles. The van der Waals surface area contributed by atoms with Gasteiger partial charge < -0.3 is 20.4 Å². The number of carboxylic acids is 2. The van der Waals surface area contributed by atoms with Crippen LogP contribution in [0.4, 0.5) is 0 Å². The first kappa shape index (κ1) is 20.7. The summed E-state index contributed by atoms with van der Waals surface area (Å²) in [6.45, 7) is 2.17. The van der Waals surface area contributed by atoms with Crippen LogP contribution in [0.15, 0.2) is 48.5 Å². The highest BCUT2D eigenvalue weighted by molar-refractivity contribution is 6.09. The number of carboxylic acid groups (broad SMARTS) is 2. The predicted octanol–water partition coefficient (Wildman–Crippen LogP) is 2.51. The first-order chi connectivity index (χ1) is 11.1. The van der Waals surface area contributed by atoms with Gasteiger partial charge in [0.15, 0.2) is 5.78 Å². The molecule has 128 valence electrons. The number of aliphatic carboxylic acids is 2. The first-order valence-corrected chi connectivity index (χ1v) is 6.65. The quantitative estimate of drug-likeness (QED) is 0.620. The number of rotatable bonds is 2. The van der Waals surface area contributed by atoms with Gasteiger partial charge in [-0.2, -0.15) is 0 Å². The summed E-state index contributed by atoms with van der Waals surface area (Å²) in [5, 5.41) is 33.2. The minimum Gasteiger partial charge on any atom is -0.508 e. The van der Waals surface area contributed by atoms with Gasteiger partial charge in [-0.15, -0.1) is 0 Å². The molecule has 0 fully saturated rings. The molecule has 24 heavy (non-hydrogen) atoms. The van der Waals surface area contributed by atoms with Gasteiger partial charge in [-0.1, -0.05) is 12.1 Å². The molecule has 0 aliphatic heterocycles. The van der Waals surface area contributed by atoms with Gasteiger partial charge in [-0.25, -0.2) is 0 Å². The number of phenols is 2. The fraction of sp³-hybridized carbons (Fsp3) is 0.118. The molecule has 7 heteroatoms. The zero-order valence-electron chi connectivity index (χ0n) is 13.1. The van der Waals surface area contributed by atoms with Crippen LogP contribution < -0.4 is 0 Å². The Hall–Kier alpha value is -3.35. The van der Waals surface area contributed by atoms with E-state index in [-0.39, 0.29) is 17.3 Å². The second-order valence-corrected chi connectivity index (χ2v) is 4.46. The number of aromatic hydroxyl groups is 2. The molecule has 0 unspecified atom stereocenters. The lowest BCUT2D eigenvalue weighted by atomic mass is 10.0. The minimum atomic E-state index is -0.833. The van der Waals surface area contributed by atoms with Gasteiger partial charge in [-0.3, -0.25) is 14.4 Å². The Morgan fingerprint density at radius 2 is 1.17 bits per heavy atom. The van der Waals surface area contributed by atoms with E-state index < -0.39 is 11.9 Å². The van der Waals surface area contributed by atoms with E-state index in [2.05, 4.69) is 0 Å².